The minimum atomic E-state index is 0.793. The molecule has 2 rings (SSSR count). The van der Waals surface area contributed by atoms with Gasteiger partial charge in [0.1, 0.15) is 11.5 Å². The quantitative estimate of drug-likeness (QED) is 0.736. The van der Waals surface area contributed by atoms with Crippen LogP contribution in [0, 0.1) is 0 Å². The molecule has 0 N–H and O–H groups in total. The maximum absolute atomic E-state index is 5.71. The summed E-state index contributed by atoms with van der Waals surface area (Å²) in [5, 5.41) is 4.49. The summed E-state index contributed by atoms with van der Waals surface area (Å²) in [6.45, 7) is 3.78. The van der Waals surface area contributed by atoms with E-state index >= 15 is 0 Å². The molecule has 1 aliphatic heterocycles. The lowest BCUT2D eigenvalue weighted by molar-refractivity contribution is 0.209. The van der Waals surface area contributed by atoms with Gasteiger partial charge in [0.25, 0.3) is 0 Å². The van der Waals surface area contributed by atoms with Crippen LogP contribution < -0.4 is 5.32 Å². The van der Waals surface area contributed by atoms with Gasteiger partial charge in [-0.05, 0) is 6.42 Å². The molecule has 15 heavy (non-hydrogen) atoms. The van der Waals surface area contributed by atoms with Gasteiger partial charge in [-0.25, -0.2) is 0 Å². The molecule has 0 bridgehead atoms. The first-order chi connectivity index (χ1) is 7.42. The molecule has 0 unspecified atom stereocenters. The molecular formula is C13H16NO. The predicted octanol–water partition coefficient (Wildman–Crippen LogP) is 2.79. The van der Waals surface area contributed by atoms with E-state index in [-0.39, 0.29) is 0 Å². The second-order valence-corrected chi connectivity index (χ2v) is 3.62. The number of benzene rings is 1. The third-order valence-electron chi connectivity index (χ3n) is 2.40. The van der Waals surface area contributed by atoms with Gasteiger partial charge >= 0.3 is 0 Å². The van der Waals surface area contributed by atoms with Gasteiger partial charge in [-0.1, -0.05) is 37.3 Å². The first kappa shape index (κ1) is 10.1. The molecule has 1 aromatic rings. The fraction of sp³-hybridized carbons (Fsp3) is 0.385. The fourth-order valence-corrected chi connectivity index (χ4v) is 1.69. The minimum Gasteiger partial charge on any atom is -0.496 e. The minimum absolute atomic E-state index is 0.793. The largest absolute Gasteiger partial charge is 0.496 e. The highest BCUT2D eigenvalue weighted by atomic mass is 16.5. The van der Waals surface area contributed by atoms with Crippen molar-refractivity contribution in [2.45, 2.75) is 19.8 Å². The first-order valence-corrected chi connectivity index (χ1v) is 5.50. The van der Waals surface area contributed by atoms with Gasteiger partial charge in [0, 0.05) is 18.5 Å². The van der Waals surface area contributed by atoms with Gasteiger partial charge < -0.3 is 4.74 Å². The molecule has 79 valence electrons. The van der Waals surface area contributed by atoms with Crippen LogP contribution >= 0.6 is 0 Å². The van der Waals surface area contributed by atoms with Gasteiger partial charge in [0.2, 0.25) is 0 Å². The third-order valence-corrected chi connectivity index (χ3v) is 2.40. The monoisotopic (exact) mass is 202 g/mol. The summed E-state index contributed by atoms with van der Waals surface area (Å²) in [4.78, 5) is 0. The highest BCUT2D eigenvalue weighted by Crippen LogP contribution is 2.25. The Morgan fingerprint density at radius 2 is 2.07 bits per heavy atom. The molecule has 0 atom stereocenters. The van der Waals surface area contributed by atoms with Crippen LogP contribution in [-0.4, -0.2) is 13.2 Å². The van der Waals surface area contributed by atoms with Crippen LogP contribution in [0.1, 0.15) is 25.3 Å². The van der Waals surface area contributed by atoms with Gasteiger partial charge in [0.15, 0.2) is 0 Å². The number of nitrogens with zero attached hydrogens (tertiary/aromatic N) is 1. The van der Waals surface area contributed by atoms with Gasteiger partial charge in [-0.2, -0.15) is 0 Å². The number of hydrogen-bond acceptors (Lipinski definition) is 1. The Morgan fingerprint density at radius 3 is 2.80 bits per heavy atom. The van der Waals surface area contributed by atoms with Crippen LogP contribution in [0.2, 0.25) is 0 Å². The lowest BCUT2D eigenvalue weighted by Crippen LogP contribution is -1.98. The van der Waals surface area contributed by atoms with E-state index in [1.165, 1.54) is 5.56 Å². The van der Waals surface area contributed by atoms with Crippen molar-refractivity contribution >= 4 is 5.70 Å². The molecule has 1 heterocycles. The van der Waals surface area contributed by atoms with E-state index in [1.807, 2.05) is 18.2 Å². The second-order valence-electron chi connectivity index (χ2n) is 3.62. The maximum Gasteiger partial charge on any atom is 0.124 e. The average Bonchev–Trinajstić information content (AvgIpc) is 2.75. The highest BCUT2D eigenvalue weighted by molar-refractivity contribution is 5.67. The molecule has 0 amide bonds. The zero-order chi connectivity index (χ0) is 10.5. The molecule has 1 aliphatic rings. The van der Waals surface area contributed by atoms with Crippen molar-refractivity contribution < 1.29 is 4.74 Å². The van der Waals surface area contributed by atoms with E-state index in [0.29, 0.717) is 0 Å². The Kier molecular flexibility index (Phi) is 3.28. The molecule has 0 aromatic heterocycles. The third kappa shape index (κ3) is 2.32. The SMILES string of the molecule is CCCOC1=C(c2ccccc2)[N]CC1. The Balaban J connectivity index is 2.18. The summed E-state index contributed by atoms with van der Waals surface area (Å²) in [5.41, 5.74) is 2.21. The molecular weight excluding hydrogens is 186 g/mol. The molecule has 0 spiro atoms. The van der Waals surface area contributed by atoms with Crippen LogP contribution in [0.25, 0.3) is 5.70 Å². The lowest BCUT2D eigenvalue weighted by atomic mass is 10.1. The van der Waals surface area contributed by atoms with Crippen molar-refractivity contribution in [1.82, 2.24) is 5.32 Å². The summed E-state index contributed by atoms with van der Waals surface area (Å²) in [5.74, 6) is 1.06. The number of hydrogen-bond donors (Lipinski definition) is 0. The zero-order valence-corrected chi connectivity index (χ0v) is 9.07. The average molecular weight is 202 g/mol. The molecule has 2 nitrogen and oxygen atoms in total. The smallest absolute Gasteiger partial charge is 0.124 e. The first-order valence-electron chi connectivity index (χ1n) is 5.50. The van der Waals surface area contributed by atoms with Crippen LogP contribution in [0.5, 0.6) is 0 Å². The van der Waals surface area contributed by atoms with E-state index in [0.717, 1.165) is 37.4 Å². The standard InChI is InChI=1S/C13H16NO/c1-2-10-15-12-8-9-14-13(12)11-6-4-3-5-7-11/h3-7H,2,8-10H2,1H3. The van der Waals surface area contributed by atoms with E-state index in [9.17, 15) is 0 Å². The molecule has 1 radical (unpaired) electrons. The van der Waals surface area contributed by atoms with Crippen LogP contribution in [0.15, 0.2) is 36.1 Å². The summed E-state index contributed by atoms with van der Waals surface area (Å²) in [7, 11) is 0. The van der Waals surface area contributed by atoms with Crippen molar-refractivity contribution in [2.24, 2.45) is 0 Å². The van der Waals surface area contributed by atoms with Crippen LogP contribution in [0.4, 0.5) is 0 Å². The molecule has 0 aliphatic carbocycles. The summed E-state index contributed by atoms with van der Waals surface area (Å²) < 4.78 is 5.71. The maximum atomic E-state index is 5.71. The number of ether oxygens (including phenoxy) is 1. The summed E-state index contributed by atoms with van der Waals surface area (Å²) >= 11 is 0. The van der Waals surface area contributed by atoms with Gasteiger partial charge in [-0.15, -0.1) is 0 Å². The van der Waals surface area contributed by atoms with Crippen molar-refractivity contribution in [3.05, 3.63) is 41.7 Å². The van der Waals surface area contributed by atoms with Crippen LogP contribution in [-0.2, 0) is 4.74 Å². The topological polar surface area (TPSA) is 23.3 Å². The van der Waals surface area contributed by atoms with E-state index in [2.05, 4.69) is 24.4 Å². The van der Waals surface area contributed by atoms with Crippen molar-refractivity contribution in [3.63, 3.8) is 0 Å². The second kappa shape index (κ2) is 4.87. The summed E-state index contributed by atoms with van der Waals surface area (Å²) in [6, 6.07) is 10.3. The predicted molar refractivity (Wildman–Crippen MR) is 61.2 cm³/mol. The van der Waals surface area contributed by atoms with Crippen molar-refractivity contribution in [2.75, 3.05) is 13.2 Å². The Morgan fingerprint density at radius 1 is 1.27 bits per heavy atom. The Hall–Kier alpha value is -1.44. The normalized spacial score (nSPS) is 15.3. The molecule has 0 saturated carbocycles. The van der Waals surface area contributed by atoms with Crippen LogP contribution in [0.3, 0.4) is 0 Å². The molecule has 2 heteroatoms. The fourth-order valence-electron chi connectivity index (χ4n) is 1.69. The van der Waals surface area contributed by atoms with E-state index < -0.39 is 0 Å². The lowest BCUT2D eigenvalue weighted by Gasteiger charge is -2.07. The van der Waals surface area contributed by atoms with E-state index in [1.54, 1.807) is 0 Å². The Bertz CT molecular complexity index is 343. The zero-order valence-electron chi connectivity index (χ0n) is 9.07. The van der Waals surface area contributed by atoms with Gasteiger partial charge in [0.05, 0.1) is 6.61 Å². The number of rotatable bonds is 4. The summed E-state index contributed by atoms with van der Waals surface area (Å²) in [6.07, 6.45) is 2.00. The Labute approximate surface area is 91.0 Å². The molecule has 1 aromatic carbocycles. The molecule has 0 saturated heterocycles. The van der Waals surface area contributed by atoms with Crippen molar-refractivity contribution in [3.8, 4) is 0 Å². The van der Waals surface area contributed by atoms with Crippen molar-refractivity contribution in [1.29, 1.82) is 0 Å². The van der Waals surface area contributed by atoms with E-state index in [4.69, 9.17) is 4.74 Å². The highest BCUT2D eigenvalue weighted by Gasteiger charge is 2.17. The molecule has 0 fully saturated rings. The van der Waals surface area contributed by atoms with Gasteiger partial charge in [-0.3, -0.25) is 5.32 Å².